The standard InChI is InChI=1S/C12H17N3O3S/c1-18-12(17)15-6-4-14(5-7-15)11(16)10(13)9-3-2-8-19-9/h2-3,8,10H,4-7,13H2,1H3. The highest BCUT2D eigenvalue weighted by molar-refractivity contribution is 7.10. The summed E-state index contributed by atoms with van der Waals surface area (Å²) in [7, 11) is 1.35. The van der Waals surface area contributed by atoms with Crippen molar-refractivity contribution in [3.63, 3.8) is 0 Å². The molecule has 1 atom stereocenters. The smallest absolute Gasteiger partial charge is 0.409 e. The van der Waals surface area contributed by atoms with E-state index in [2.05, 4.69) is 4.74 Å². The first kappa shape index (κ1) is 13.8. The van der Waals surface area contributed by atoms with Crippen molar-refractivity contribution in [1.29, 1.82) is 0 Å². The summed E-state index contributed by atoms with van der Waals surface area (Å²) in [5.74, 6) is -0.0908. The topological polar surface area (TPSA) is 75.9 Å². The van der Waals surface area contributed by atoms with Gasteiger partial charge in [-0.3, -0.25) is 4.79 Å². The van der Waals surface area contributed by atoms with Crippen LogP contribution in [0.1, 0.15) is 10.9 Å². The van der Waals surface area contributed by atoms with Crippen LogP contribution < -0.4 is 5.73 Å². The van der Waals surface area contributed by atoms with Gasteiger partial charge in [-0.25, -0.2) is 4.79 Å². The average molecular weight is 283 g/mol. The zero-order valence-electron chi connectivity index (χ0n) is 10.7. The fourth-order valence-corrected chi connectivity index (χ4v) is 2.74. The maximum absolute atomic E-state index is 12.2. The number of hydrogen-bond acceptors (Lipinski definition) is 5. The van der Waals surface area contributed by atoms with Crippen molar-refractivity contribution in [1.82, 2.24) is 9.80 Å². The summed E-state index contributed by atoms with van der Waals surface area (Å²) in [5, 5.41) is 1.90. The number of rotatable bonds is 2. The van der Waals surface area contributed by atoms with Crippen molar-refractivity contribution >= 4 is 23.3 Å². The molecule has 1 aliphatic rings. The Balaban J connectivity index is 1.91. The summed E-state index contributed by atoms with van der Waals surface area (Å²) in [6, 6.07) is 3.13. The van der Waals surface area contributed by atoms with Gasteiger partial charge in [-0.05, 0) is 11.4 Å². The van der Waals surface area contributed by atoms with Gasteiger partial charge in [0, 0.05) is 31.1 Å². The lowest BCUT2D eigenvalue weighted by atomic mass is 10.2. The predicted octanol–water partition coefficient (Wildman–Crippen LogP) is 0.658. The molecule has 1 aromatic rings. The molecule has 104 valence electrons. The number of hydrogen-bond donors (Lipinski definition) is 1. The second-order valence-corrected chi connectivity index (χ2v) is 5.25. The number of nitrogens with two attached hydrogens (primary N) is 1. The van der Waals surface area contributed by atoms with Crippen LogP contribution in [0.2, 0.25) is 0 Å². The summed E-state index contributed by atoms with van der Waals surface area (Å²) < 4.78 is 4.65. The van der Waals surface area contributed by atoms with E-state index in [1.54, 1.807) is 9.80 Å². The van der Waals surface area contributed by atoms with Crippen LogP contribution in [0.15, 0.2) is 17.5 Å². The highest BCUT2D eigenvalue weighted by Gasteiger charge is 2.28. The molecule has 6 nitrogen and oxygen atoms in total. The SMILES string of the molecule is COC(=O)N1CCN(C(=O)C(N)c2cccs2)CC1. The minimum absolute atomic E-state index is 0.0908. The normalized spacial score (nSPS) is 17.2. The number of ether oxygens (including phenoxy) is 1. The summed E-state index contributed by atoms with van der Waals surface area (Å²) in [6.45, 7) is 1.95. The zero-order valence-corrected chi connectivity index (χ0v) is 11.6. The molecule has 0 spiro atoms. The van der Waals surface area contributed by atoms with Gasteiger partial charge < -0.3 is 20.3 Å². The van der Waals surface area contributed by atoms with Crippen molar-refractivity contribution in [3.8, 4) is 0 Å². The molecule has 0 saturated carbocycles. The lowest BCUT2D eigenvalue weighted by molar-refractivity contribution is -0.134. The molecule has 2 amide bonds. The predicted molar refractivity (Wildman–Crippen MR) is 71.8 cm³/mol. The summed E-state index contributed by atoms with van der Waals surface area (Å²) >= 11 is 1.48. The Morgan fingerprint density at radius 3 is 2.47 bits per heavy atom. The molecular formula is C12H17N3O3S. The molecule has 2 rings (SSSR count). The molecule has 1 unspecified atom stereocenters. The number of piperazine rings is 1. The van der Waals surface area contributed by atoms with E-state index in [-0.39, 0.29) is 12.0 Å². The first-order valence-electron chi connectivity index (χ1n) is 6.04. The number of carbonyl (C=O) groups excluding carboxylic acids is 2. The molecule has 1 aromatic heterocycles. The molecule has 7 heteroatoms. The molecule has 0 aromatic carbocycles. The van der Waals surface area contributed by atoms with Gasteiger partial charge in [-0.15, -0.1) is 11.3 Å². The van der Waals surface area contributed by atoms with E-state index in [1.165, 1.54) is 18.4 Å². The van der Waals surface area contributed by atoms with Gasteiger partial charge in [0.25, 0.3) is 0 Å². The monoisotopic (exact) mass is 283 g/mol. The first-order valence-corrected chi connectivity index (χ1v) is 6.92. The Morgan fingerprint density at radius 2 is 1.95 bits per heavy atom. The molecule has 0 radical (unpaired) electrons. The van der Waals surface area contributed by atoms with E-state index in [0.29, 0.717) is 26.2 Å². The third-order valence-electron chi connectivity index (χ3n) is 3.14. The molecule has 0 aliphatic carbocycles. The van der Waals surface area contributed by atoms with E-state index < -0.39 is 6.04 Å². The molecule has 0 bridgehead atoms. The van der Waals surface area contributed by atoms with Gasteiger partial charge in [-0.1, -0.05) is 6.07 Å². The van der Waals surface area contributed by atoms with Gasteiger partial charge in [0.15, 0.2) is 0 Å². The second kappa shape index (κ2) is 6.03. The first-order chi connectivity index (χ1) is 9.13. The van der Waals surface area contributed by atoms with Crippen molar-refractivity contribution < 1.29 is 14.3 Å². The number of carbonyl (C=O) groups is 2. The second-order valence-electron chi connectivity index (χ2n) is 4.28. The summed E-state index contributed by atoms with van der Waals surface area (Å²) in [5.41, 5.74) is 5.95. The molecule has 2 N–H and O–H groups in total. The van der Waals surface area contributed by atoms with Gasteiger partial charge in [-0.2, -0.15) is 0 Å². The maximum atomic E-state index is 12.2. The summed E-state index contributed by atoms with van der Waals surface area (Å²) in [4.78, 5) is 27.7. The lowest BCUT2D eigenvalue weighted by Gasteiger charge is -2.34. The van der Waals surface area contributed by atoms with E-state index in [4.69, 9.17) is 5.73 Å². The van der Waals surface area contributed by atoms with Crippen molar-refractivity contribution in [2.24, 2.45) is 5.73 Å². The molecule has 2 heterocycles. The van der Waals surface area contributed by atoms with Crippen LogP contribution in [0.25, 0.3) is 0 Å². The Hall–Kier alpha value is -1.60. The van der Waals surface area contributed by atoms with Crippen LogP contribution in [0.3, 0.4) is 0 Å². The summed E-state index contributed by atoms with van der Waals surface area (Å²) in [6.07, 6.45) is -0.352. The third kappa shape index (κ3) is 3.05. The Morgan fingerprint density at radius 1 is 1.32 bits per heavy atom. The minimum Gasteiger partial charge on any atom is -0.453 e. The van der Waals surface area contributed by atoms with Crippen LogP contribution in [-0.2, 0) is 9.53 Å². The van der Waals surface area contributed by atoms with Crippen LogP contribution >= 0.6 is 11.3 Å². The number of amides is 2. The lowest BCUT2D eigenvalue weighted by Crippen LogP contribution is -2.52. The molecule has 1 fully saturated rings. The molecule has 1 aliphatic heterocycles. The van der Waals surface area contributed by atoms with Gasteiger partial charge in [0.1, 0.15) is 6.04 Å². The maximum Gasteiger partial charge on any atom is 0.409 e. The van der Waals surface area contributed by atoms with E-state index in [0.717, 1.165) is 4.88 Å². The molecule has 19 heavy (non-hydrogen) atoms. The molecular weight excluding hydrogens is 266 g/mol. The zero-order chi connectivity index (χ0) is 13.8. The van der Waals surface area contributed by atoms with Crippen LogP contribution in [0, 0.1) is 0 Å². The van der Waals surface area contributed by atoms with Crippen LogP contribution in [0.4, 0.5) is 4.79 Å². The van der Waals surface area contributed by atoms with Crippen LogP contribution in [-0.4, -0.2) is 55.1 Å². The van der Waals surface area contributed by atoms with E-state index in [9.17, 15) is 9.59 Å². The van der Waals surface area contributed by atoms with E-state index >= 15 is 0 Å². The van der Waals surface area contributed by atoms with E-state index in [1.807, 2.05) is 17.5 Å². The third-order valence-corrected chi connectivity index (χ3v) is 4.10. The minimum atomic E-state index is -0.607. The van der Waals surface area contributed by atoms with Gasteiger partial charge >= 0.3 is 6.09 Å². The van der Waals surface area contributed by atoms with Crippen molar-refractivity contribution in [2.45, 2.75) is 6.04 Å². The molecule has 1 saturated heterocycles. The largest absolute Gasteiger partial charge is 0.453 e. The van der Waals surface area contributed by atoms with Gasteiger partial charge in [0.2, 0.25) is 5.91 Å². The Labute approximate surface area is 115 Å². The Kier molecular flexibility index (Phi) is 4.39. The highest BCUT2D eigenvalue weighted by Crippen LogP contribution is 2.19. The van der Waals surface area contributed by atoms with Crippen LogP contribution in [0.5, 0.6) is 0 Å². The number of methoxy groups -OCH3 is 1. The number of nitrogens with zero attached hydrogens (tertiary/aromatic N) is 2. The quantitative estimate of drug-likeness (QED) is 0.865. The van der Waals surface area contributed by atoms with Crippen molar-refractivity contribution in [2.75, 3.05) is 33.3 Å². The highest BCUT2D eigenvalue weighted by atomic mass is 32.1. The Bertz CT molecular complexity index is 441. The van der Waals surface area contributed by atoms with Gasteiger partial charge in [0.05, 0.1) is 7.11 Å². The van der Waals surface area contributed by atoms with Crippen molar-refractivity contribution in [3.05, 3.63) is 22.4 Å². The fourth-order valence-electron chi connectivity index (χ4n) is 2.03. The average Bonchev–Trinajstić information content (AvgIpc) is 2.99. The fraction of sp³-hybridized carbons (Fsp3) is 0.500. The number of thiophene rings is 1.